The first-order valence-corrected chi connectivity index (χ1v) is 7.62. The third-order valence-corrected chi connectivity index (χ3v) is 3.76. The number of methoxy groups -OCH3 is 1. The molecule has 1 amide bonds. The van der Waals surface area contributed by atoms with E-state index in [1.807, 2.05) is 25.1 Å². The molecule has 0 bridgehead atoms. The summed E-state index contributed by atoms with van der Waals surface area (Å²) in [6, 6.07) is 10.1. The minimum atomic E-state index is -0.351. The highest BCUT2D eigenvalue weighted by molar-refractivity contribution is 5.81. The van der Waals surface area contributed by atoms with Gasteiger partial charge in [0.05, 0.1) is 25.7 Å². The molecule has 0 N–H and O–H groups in total. The third-order valence-electron chi connectivity index (χ3n) is 3.76. The van der Waals surface area contributed by atoms with E-state index in [1.54, 1.807) is 4.90 Å². The molecule has 0 spiro atoms. The standard InChI is InChI=1S/C17H23NO4/c1-13-11-18(16(19)8-9-17(20)21-2)12-15(22-13)10-14-6-4-3-5-7-14/h3-7,13,15H,8-12H2,1-2H3. The SMILES string of the molecule is COC(=O)CCC(=O)N1CC(C)OC(Cc2ccccc2)C1. The third kappa shape index (κ3) is 4.84. The summed E-state index contributed by atoms with van der Waals surface area (Å²) in [5, 5.41) is 0. The normalized spacial score (nSPS) is 21.5. The molecule has 0 saturated carbocycles. The molecule has 120 valence electrons. The molecular weight excluding hydrogens is 282 g/mol. The van der Waals surface area contributed by atoms with Crippen LogP contribution in [0.2, 0.25) is 0 Å². The Kier molecular flexibility index (Phi) is 5.95. The summed E-state index contributed by atoms with van der Waals surface area (Å²) in [5.41, 5.74) is 1.20. The van der Waals surface area contributed by atoms with E-state index in [0.717, 1.165) is 6.42 Å². The molecule has 0 aromatic heterocycles. The van der Waals surface area contributed by atoms with Crippen LogP contribution < -0.4 is 0 Å². The van der Waals surface area contributed by atoms with Gasteiger partial charge in [0, 0.05) is 25.9 Å². The number of carbonyl (C=O) groups is 2. The molecular formula is C17H23NO4. The molecule has 1 aromatic rings. The number of amides is 1. The second-order valence-corrected chi connectivity index (χ2v) is 5.63. The molecule has 5 heteroatoms. The second kappa shape index (κ2) is 7.94. The summed E-state index contributed by atoms with van der Waals surface area (Å²) in [6.07, 6.45) is 1.10. The molecule has 1 aromatic carbocycles. The molecule has 0 radical (unpaired) electrons. The van der Waals surface area contributed by atoms with Crippen molar-refractivity contribution in [3.05, 3.63) is 35.9 Å². The van der Waals surface area contributed by atoms with Crippen LogP contribution in [0, 0.1) is 0 Å². The summed E-state index contributed by atoms with van der Waals surface area (Å²) in [7, 11) is 1.33. The van der Waals surface area contributed by atoms with Gasteiger partial charge >= 0.3 is 5.97 Å². The van der Waals surface area contributed by atoms with E-state index in [1.165, 1.54) is 12.7 Å². The van der Waals surface area contributed by atoms with Crippen molar-refractivity contribution in [3.8, 4) is 0 Å². The Morgan fingerprint density at radius 3 is 2.64 bits per heavy atom. The van der Waals surface area contributed by atoms with E-state index in [9.17, 15) is 9.59 Å². The Hall–Kier alpha value is -1.88. The Morgan fingerprint density at radius 1 is 1.23 bits per heavy atom. The van der Waals surface area contributed by atoms with Gasteiger partial charge in [0.2, 0.25) is 5.91 Å². The number of rotatable bonds is 5. The molecule has 5 nitrogen and oxygen atoms in total. The van der Waals surface area contributed by atoms with Crippen molar-refractivity contribution >= 4 is 11.9 Å². The highest BCUT2D eigenvalue weighted by atomic mass is 16.5. The summed E-state index contributed by atoms with van der Waals surface area (Å²) < 4.78 is 10.5. The highest BCUT2D eigenvalue weighted by Crippen LogP contribution is 2.16. The maximum Gasteiger partial charge on any atom is 0.306 e. The monoisotopic (exact) mass is 305 g/mol. The van der Waals surface area contributed by atoms with Gasteiger partial charge in [-0.1, -0.05) is 30.3 Å². The van der Waals surface area contributed by atoms with Crippen molar-refractivity contribution in [1.29, 1.82) is 0 Å². The minimum Gasteiger partial charge on any atom is -0.469 e. The number of hydrogen-bond donors (Lipinski definition) is 0. The Bertz CT molecular complexity index is 503. The predicted molar refractivity (Wildman–Crippen MR) is 82.3 cm³/mol. The number of carbonyl (C=O) groups excluding carboxylic acids is 2. The van der Waals surface area contributed by atoms with Gasteiger partial charge in [0.1, 0.15) is 0 Å². The largest absolute Gasteiger partial charge is 0.469 e. The van der Waals surface area contributed by atoms with E-state index in [-0.39, 0.29) is 36.9 Å². The van der Waals surface area contributed by atoms with Crippen molar-refractivity contribution in [2.24, 2.45) is 0 Å². The first-order chi connectivity index (χ1) is 10.6. The molecule has 1 fully saturated rings. The van der Waals surface area contributed by atoms with Gasteiger partial charge < -0.3 is 14.4 Å². The Labute approximate surface area is 131 Å². The molecule has 0 aliphatic carbocycles. The van der Waals surface area contributed by atoms with Gasteiger partial charge in [-0.25, -0.2) is 0 Å². The molecule has 1 aliphatic rings. The molecule has 2 rings (SSSR count). The van der Waals surface area contributed by atoms with Crippen molar-refractivity contribution in [2.45, 2.75) is 38.4 Å². The smallest absolute Gasteiger partial charge is 0.306 e. The van der Waals surface area contributed by atoms with Gasteiger partial charge in [-0.05, 0) is 12.5 Å². The number of hydrogen-bond acceptors (Lipinski definition) is 4. The van der Waals surface area contributed by atoms with E-state index < -0.39 is 0 Å². The Balaban J connectivity index is 1.90. The van der Waals surface area contributed by atoms with Gasteiger partial charge in [-0.15, -0.1) is 0 Å². The van der Waals surface area contributed by atoms with Crippen molar-refractivity contribution in [1.82, 2.24) is 4.90 Å². The number of morpholine rings is 1. The molecule has 22 heavy (non-hydrogen) atoms. The minimum absolute atomic E-state index is 0.00420. The number of esters is 1. The average molecular weight is 305 g/mol. The van der Waals surface area contributed by atoms with Crippen molar-refractivity contribution in [3.63, 3.8) is 0 Å². The van der Waals surface area contributed by atoms with Crippen LogP contribution in [0.3, 0.4) is 0 Å². The van der Waals surface area contributed by atoms with Crippen molar-refractivity contribution < 1.29 is 19.1 Å². The lowest BCUT2D eigenvalue weighted by atomic mass is 10.1. The van der Waals surface area contributed by atoms with Crippen LogP contribution in [0.5, 0.6) is 0 Å². The number of benzene rings is 1. The van der Waals surface area contributed by atoms with Crippen LogP contribution in [0.1, 0.15) is 25.3 Å². The van der Waals surface area contributed by atoms with Gasteiger partial charge in [-0.2, -0.15) is 0 Å². The fourth-order valence-corrected chi connectivity index (χ4v) is 2.71. The Morgan fingerprint density at radius 2 is 1.95 bits per heavy atom. The van der Waals surface area contributed by atoms with Gasteiger partial charge in [-0.3, -0.25) is 9.59 Å². The zero-order valence-electron chi connectivity index (χ0n) is 13.2. The molecule has 1 saturated heterocycles. The zero-order chi connectivity index (χ0) is 15.9. The van der Waals surface area contributed by atoms with E-state index in [4.69, 9.17) is 4.74 Å². The summed E-state index contributed by atoms with van der Waals surface area (Å²) in [4.78, 5) is 25.2. The second-order valence-electron chi connectivity index (χ2n) is 5.63. The lowest BCUT2D eigenvalue weighted by molar-refractivity contribution is -0.148. The fourth-order valence-electron chi connectivity index (χ4n) is 2.71. The fraction of sp³-hybridized carbons (Fsp3) is 0.529. The van der Waals surface area contributed by atoms with E-state index >= 15 is 0 Å². The van der Waals surface area contributed by atoms with Crippen molar-refractivity contribution in [2.75, 3.05) is 20.2 Å². The van der Waals surface area contributed by atoms with Crippen LogP contribution in [0.15, 0.2) is 30.3 Å². The molecule has 1 aliphatic heterocycles. The topological polar surface area (TPSA) is 55.8 Å². The molecule has 2 atom stereocenters. The molecule has 1 heterocycles. The first kappa shape index (κ1) is 16.5. The van der Waals surface area contributed by atoms with Crippen LogP contribution in [-0.4, -0.2) is 49.2 Å². The van der Waals surface area contributed by atoms with E-state index in [2.05, 4.69) is 16.9 Å². The van der Waals surface area contributed by atoms with Crippen LogP contribution >= 0.6 is 0 Å². The van der Waals surface area contributed by atoms with Crippen LogP contribution in [0.25, 0.3) is 0 Å². The summed E-state index contributed by atoms with van der Waals surface area (Å²) >= 11 is 0. The summed E-state index contributed by atoms with van der Waals surface area (Å²) in [6.45, 7) is 3.11. The zero-order valence-corrected chi connectivity index (χ0v) is 13.2. The lowest BCUT2D eigenvalue weighted by Gasteiger charge is -2.37. The number of ether oxygens (including phenoxy) is 2. The van der Waals surface area contributed by atoms with E-state index in [0.29, 0.717) is 13.1 Å². The predicted octanol–water partition coefficient (Wildman–Crippen LogP) is 1.80. The average Bonchev–Trinajstić information content (AvgIpc) is 2.52. The van der Waals surface area contributed by atoms with Gasteiger partial charge in [0.15, 0.2) is 0 Å². The lowest BCUT2D eigenvalue weighted by Crippen LogP contribution is -2.49. The quantitative estimate of drug-likeness (QED) is 0.778. The van der Waals surface area contributed by atoms with Gasteiger partial charge in [0.25, 0.3) is 0 Å². The van der Waals surface area contributed by atoms with Crippen LogP contribution in [-0.2, 0) is 25.5 Å². The maximum atomic E-state index is 12.2. The molecule has 2 unspecified atom stereocenters. The summed E-state index contributed by atoms with van der Waals surface area (Å²) in [5.74, 6) is -0.367. The maximum absolute atomic E-state index is 12.2. The van der Waals surface area contributed by atoms with Crippen LogP contribution in [0.4, 0.5) is 0 Å². The number of nitrogens with zero attached hydrogens (tertiary/aromatic N) is 1. The first-order valence-electron chi connectivity index (χ1n) is 7.62. The highest BCUT2D eigenvalue weighted by Gasteiger charge is 2.28.